The molecule has 1 saturated carbocycles. The lowest BCUT2D eigenvalue weighted by Gasteiger charge is -2.53. The van der Waals surface area contributed by atoms with Crippen molar-refractivity contribution in [3.05, 3.63) is 61.5 Å². The molecule has 0 spiro atoms. The molecule has 1 aromatic carbocycles. The van der Waals surface area contributed by atoms with Crippen molar-refractivity contribution in [3.8, 4) is 5.75 Å². The molecule has 0 radical (unpaired) electrons. The van der Waals surface area contributed by atoms with Gasteiger partial charge in [-0.2, -0.15) is 0 Å². The molecule has 1 atom stereocenters. The van der Waals surface area contributed by atoms with E-state index in [-0.39, 0.29) is 35.8 Å². The quantitative estimate of drug-likeness (QED) is 0.733. The van der Waals surface area contributed by atoms with Crippen molar-refractivity contribution in [2.45, 2.75) is 50.9 Å². The van der Waals surface area contributed by atoms with Gasteiger partial charge in [0, 0.05) is 25.3 Å². The summed E-state index contributed by atoms with van der Waals surface area (Å²) in [5.41, 5.74) is -0.478. The highest BCUT2D eigenvalue weighted by Crippen LogP contribution is 2.43. The fourth-order valence-electron chi connectivity index (χ4n) is 5.28. The van der Waals surface area contributed by atoms with E-state index in [4.69, 9.17) is 23.2 Å². The van der Waals surface area contributed by atoms with Crippen LogP contribution >= 0.6 is 23.2 Å². The summed E-state index contributed by atoms with van der Waals surface area (Å²) in [7, 11) is 0. The zero-order valence-corrected chi connectivity index (χ0v) is 18.1. The number of carbonyl (C=O) groups excluding carboxylic acids is 2. The standard InChI is InChI=1S/C22H21Cl2N3O4/c23-15-3-1-2-12(17(15)24)8-25-21(30)14-9-26-10-16-11-4-6-13(7-5-11)27(16)22(31)18(26)20(29)19(14)28/h1-3,9,11,13,16,29H,4-8,10H2,(H,25,30)/t11?,13?,16-/m0/s1. The normalized spacial score (nSPS) is 24.0. The Hall–Kier alpha value is -2.51. The van der Waals surface area contributed by atoms with E-state index in [0.717, 1.165) is 25.7 Å². The molecule has 0 unspecified atom stereocenters. The molecule has 2 N–H and O–H groups in total. The maximum atomic E-state index is 13.2. The fourth-order valence-corrected chi connectivity index (χ4v) is 5.66. The van der Waals surface area contributed by atoms with Gasteiger partial charge in [0.15, 0.2) is 11.4 Å². The topological polar surface area (TPSA) is 91.6 Å². The summed E-state index contributed by atoms with van der Waals surface area (Å²) >= 11 is 12.2. The van der Waals surface area contributed by atoms with Crippen molar-refractivity contribution in [2.75, 3.05) is 0 Å². The van der Waals surface area contributed by atoms with Gasteiger partial charge >= 0.3 is 0 Å². The van der Waals surface area contributed by atoms with Crippen LogP contribution in [0.3, 0.4) is 0 Å². The number of halogens is 2. The number of amides is 2. The van der Waals surface area contributed by atoms with Crippen molar-refractivity contribution >= 4 is 35.0 Å². The highest BCUT2D eigenvalue weighted by atomic mass is 35.5. The first-order valence-electron chi connectivity index (χ1n) is 10.4. The predicted octanol–water partition coefficient (Wildman–Crippen LogP) is 3.19. The summed E-state index contributed by atoms with van der Waals surface area (Å²) in [6.07, 6.45) is 5.47. The Kier molecular flexibility index (Phi) is 4.98. The zero-order valence-electron chi connectivity index (χ0n) is 16.6. The summed E-state index contributed by atoms with van der Waals surface area (Å²) < 4.78 is 1.57. The van der Waals surface area contributed by atoms with E-state index in [1.54, 1.807) is 22.8 Å². The van der Waals surface area contributed by atoms with E-state index in [1.165, 1.54) is 6.20 Å². The minimum atomic E-state index is -0.852. The summed E-state index contributed by atoms with van der Waals surface area (Å²) in [5.74, 6) is -1.23. The molecule has 7 nitrogen and oxygen atoms in total. The molecule has 2 saturated heterocycles. The number of hydrogen-bond acceptors (Lipinski definition) is 4. The summed E-state index contributed by atoms with van der Waals surface area (Å²) in [6, 6.07) is 5.27. The average Bonchev–Trinajstić information content (AvgIpc) is 2.77. The van der Waals surface area contributed by atoms with E-state index in [0.29, 0.717) is 28.1 Å². The number of carbonyl (C=O) groups is 2. The molecule has 2 bridgehead atoms. The first kappa shape index (κ1) is 20.4. The van der Waals surface area contributed by atoms with Crippen molar-refractivity contribution in [1.82, 2.24) is 14.8 Å². The molecule has 6 rings (SSSR count). The Morgan fingerprint density at radius 1 is 1.16 bits per heavy atom. The largest absolute Gasteiger partial charge is 0.503 e. The molecular formula is C22H21Cl2N3O4. The van der Waals surface area contributed by atoms with E-state index >= 15 is 0 Å². The maximum Gasteiger partial charge on any atom is 0.275 e. The van der Waals surface area contributed by atoms with Crippen LogP contribution in [0, 0.1) is 5.92 Å². The minimum Gasteiger partial charge on any atom is -0.503 e. The van der Waals surface area contributed by atoms with Crippen LogP contribution in [0.1, 0.15) is 52.1 Å². The Morgan fingerprint density at radius 2 is 1.90 bits per heavy atom. The van der Waals surface area contributed by atoms with Crippen molar-refractivity contribution in [1.29, 1.82) is 0 Å². The van der Waals surface area contributed by atoms with Crippen molar-refractivity contribution in [2.24, 2.45) is 5.92 Å². The van der Waals surface area contributed by atoms with Gasteiger partial charge in [-0.25, -0.2) is 0 Å². The third kappa shape index (κ3) is 3.22. The molecule has 1 aliphatic carbocycles. The van der Waals surface area contributed by atoms with Crippen molar-refractivity contribution < 1.29 is 14.7 Å². The number of hydrogen-bond donors (Lipinski definition) is 2. The number of rotatable bonds is 3. The van der Waals surface area contributed by atoms with Gasteiger partial charge < -0.3 is 19.9 Å². The van der Waals surface area contributed by atoms with Crippen LogP contribution in [-0.2, 0) is 13.1 Å². The molecule has 2 amide bonds. The lowest BCUT2D eigenvalue weighted by molar-refractivity contribution is -0.0181. The number of pyridine rings is 1. The van der Waals surface area contributed by atoms with E-state index < -0.39 is 17.1 Å². The van der Waals surface area contributed by atoms with Crippen LogP contribution in [0.2, 0.25) is 10.0 Å². The highest BCUT2D eigenvalue weighted by Gasteiger charge is 2.48. The van der Waals surface area contributed by atoms with Gasteiger partial charge in [0.25, 0.3) is 11.8 Å². The molecule has 1 aromatic heterocycles. The number of nitrogens with one attached hydrogen (secondary N) is 1. The Bertz CT molecular complexity index is 1150. The molecule has 3 fully saturated rings. The number of nitrogens with zero attached hydrogens (tertiary/aromatic N) is 2. The molecule has 4 heterocycles. The van der Waals surface area contributed by atoms with Gasteiger partial charge in [-0.3, -0.25) is 14.4 Å². The van der Waals surface area contributed by atoms with E-state index in [2.05, 4.69) is 5.32 Å². The predicted molar refractivity (Wildman–Crippen MR) is 116 cm³/mol. The molecule has 2 aromatic rings. The lowest BCUT2D eigenvalue weighted by Crippen LogP contribution is -2.61. The molecule has 31 heavy (non-hydrogen) atoms. The highest BCUT2D eigenvalue weighted by molar-refractivity contribution is 6.42. The number of fused-ring (bicyclic) bond motifs is 3. The average molecular weight is 462 g/mol. The Labute approximate surface area is 188 Å². The third-order valence-corrected chi connectivity index (χ3v) is 7.69. The van der Waals surface area contributed by atoms with Crippen molar-refractivity contribution in [3.63, 3.8) is 0 Å². The molecule has 162 valence electrons. The third-order valence-electron chi connectivity index (χ3n) is 6.83. The second-order valence-corrected chi connectivity index (χ2v) is 9.25. The van der Waals surface area contributed by atoms with Gasteiger partial charge in [-0.1, -0.05) is 35.3 Å². The first-order valence-corrected chi connectivity index (χ1v) is 11.1. The SMILES string of the molecule is O=C(NCc1cccc(Cl)c1Cl)c1cn2c(c(O)c1=O)C(=O)N1C3CCC(CC3)[C@@H]1C2. The maximum absolute atomic E-state index is 13.2. The van der Waals surface area contributed by atoms with Gasteiger partial charge in [-0.15, -0.1) is 0 Å². The molecule has 3 aliphatic heterocycles. The zero-order chi connectivity index (χ0) is 21.9. The van der Waals surface area contributed by atoms with Gasteiger partial charge in [0.1, 0.15) is 5.56 Å². The molecule has 4 aliphatic rings. The molecular weight excluding hydrogens is 441 g/mol. The number of aromatic hydroxyl groups is 1. The van der Waals surface area contributed by atoms with E-state index in [1.807, 2.05) is 4.90 Å². The number of piperidine rings is 2. The van der Waals surface area contributed by atoms with Crippen LogP contribution < -0.4 is 10.7 Å². The van der Waals surface area contributed by atoms with Crippen LogP contribution in [0.4, 0.5) is 0 Å². The summed E-state index contributed by atoms with van der Waals surface area (Å²) in [5, 5.41) is 13.9. The molecule has 9 heteroatoms. The van der Waals surface area contributed by atoms with Gasteiger partial charge in [-0.05, 0) is 43.2 Å². The van der Waals surface area contributed by atoms with Crippen LogP contribution in [0.25, 0.3) is 0 Å². The Balaban J connectivity index is 1.45. The van der Waals surface area contributed by atoms with Gasteiger partial charge in [0.05, 0.1) is 16.1 Å². The summed E-state index contributed by atoms with van der Waals surface area (Å²) in [4.78, 5) is 40.5. The summed E-state index contributed by atoms with van der Waals surface area (Å²) in [6.45, 7) is 0.537. The fraction of sp³-hybridized carbons (Fsp3) is 0.409. The van der Waals surface area contributed by atoms with Crippen LogP contribution in [0.15, 0.2) is 29.2 Å². The second kappa shape index (κ2) is 7.57. The monoisotopic (exact) mass is 461 g/mol. The Morgan fingerprint density at radius 3 is 2.65 bits per heavy atom. The van der Waals surface area contributed by atoms with Crippen LogP contribution in [0.5, 0.6) is 5.75 Å². The minimum absolute atomic E-state index is 0.0248. The van der Waals surface area contributed by atoms with E-state index in [9.17, 15) is 19.5 Å². The number of benzene rings is 1. The smallest absolute Gasteiger partial charge is 0.275 e. The van der Waals surface area contributed by atoms with Crippen LogP contribution in [-0.4, -0.2) is 38.5 Å². The van der Waals surface area contributed by atoms with Gasteiger partial charge in [0.2, 0.25) is 5.43 Å². The first-order chi connectivity index (χ1) is 14.9. The second-order valence-electron chi connectivity index (χ2n) is 8.47. The number of aromatic nitrogens is 1. The lowest BCUT2D eigenvalue weighted by atomic mass is 9.73.